The Bertz CT molecular complexity index is 560. The fourth-order valence-corrected chi connectivity index (χ4v) is 4.13. The first kappa shape index (κ1) is 14.8. The fourth-order valence-electron chi connectivity index (χ4n) is 2.29. The maximum Gasteiger partial charge on any atom is 0.241 e. The summed E-state index contributed by atoms with van der Waals surface area (Å²) in [5.74, 6) is 0.329. The van der Waals surface area contributed by atoms with Crippen LogP contribution in [0.4, 0.5) is 0 Å². The molecule has 2 unspecified atom stereocenters. The van der Waals surface area contributed by atoms with Gasteiger partial charge >= 0.3 is 0 Å². The highest BCUT2D eigenvalue weighted by molar-refractivity contribution is 7.89. The zero-order valence-corrected chi connectivity index (χ0v) is 12.7. The van der Waals surface area contributed by atoms with Crippen LogP contribution in [-0.2, 0) is 10.0 Å². The second-order valence-corrected chi connectivity index (χ2v) is 7.15. The number of hydrogen-bond acceptors (Lipinski definition) is 3. The maximum atomic E-state index is 12.4. The van der Waals surface area contributed by atoms with Gasteiger partial charge in [-0.05, 0) is 43.5 Å². The highest BCUT2D eigenvalue weighted by Gasteiger charge is 2.27. The third kappa shape index (κ3) is 3.28. The van der Waals surface area contributed by atoms with Gasteiger partial charge in [0.25, 0.3) is 0 Å². The van der Waals surface area contributed by atoms with Crippen LogP contribution in [0.25, 0.3) is 0 Å². The molecule has 0 aliphatic carbocycles. The molecule has 0 spiro atoms. The molecule has 0 radical (unpaired) electrons. The van der Waals surface area contributed by atoms with E-state index in [2.05, 4.69) is 17.0 Å². The number of rotatable bonds is 3. The van der Waals surface area contributed by atoms with Crippen molar-refractivity contribution in [1.29, 1.82) is 0 Å². The minimum atomic E-state index is -3.52. The Balaban J connectivity index is 2.25. The lowest BCUT2D eigenvalue weighted by atomic mass is 9.96. The predicted octanol–water partition coefficient (Wildman–Crippen LogP) is 1.92. The molecule has 19 heavy (non-hydrogen) atoms. The summed E-state index contributed by atoms with van der Waals surface area (Å²) in [6.07, 6.45) is 0.974. The van der Waals surface area contributed by atoms with Crippen LogP contribution in [0.3, 0.4) is 0 Å². The summed E-state index contributed by atoms with van der Waals surface area (Å²) in [5, 5.41) is 3.68. The number of benzene rings is 1. The largest absolute Gasteiger partial charge is 0.315 e. The predicted molar refractivity (Wildman–Crippen MR) is 76.9 cm³/mol. The van der Waals surface area contributed by atoms with E-state index in [0.29, 0.717) is 23.0 Å². The van der Waals surface area contributed by atoms with Crippen molar-refractivity contribution < 1.29 is 8.42 Å². The Morgan fingerprint density at radius 1 is 1.42 bits per heavy atom. The summed E-state index contributed by atoms with van der Waals surface area (Å²) in [5.41, 5.74) is 0.591. The molecule has 6 heteroatoms. The SMILES string of the molecule is Cc1c(Cl)cccc1S(=O)(=O)NC1CNCCC1C. The molecule has 2 rings (SSSR count). The van der Waals surface area contributed by atoms with Crippen molar-refractivity contribution in [3.05, 3.63) is 28.8 Å². The minimum absolute atomic E-state index is 0.0721. The molecule has 1 aromatic carbocycles. The number of nitrogens with one attached hydrogen (secondary N) is 2. The molecule has 1 aromatic rings. The van der Waals surface area contributed by atoms with Crippen LogP contribution in [0.15, 0.2) is 23.1 Å². The molecule has 2 N–H and O–H groups in total. The number of hydrogen-bond donors (Lipinski definition) is 2. The highest BCUT2D eigenvalue weighted by Crippen LogP contribution is 2.23. The Hall–Kier alpha value is -0.620. The van der Waals surface area contributed by atoms with Crippen LogP contribution in [0.1, 0.15) is 18.9 Å². The molecule has 1 aliphatic rings. The minimum Gasteiger partial charge on any atom is -0.315 e. The monoisotopic (exact) mass is 302 g/mol. The van der Waals surface area contributed by atoms with Crippen LogP contribution in [0.5, 0.6) is 0 Å². The van der Waals surface area contributed by atoms with Crippen molar-refractivity contribution >= 4 is 21.6 Å². The van der Waals surface area contributed by atoms with E-state index in [9.17, 15) is 8.42 Å². The van der Waals surface area contributed by atoms with Gasteiger partial charge < -0.3 is 5.32 Å². The van der Waals surface area contributed by atoms with Crippen molar-refractivity contribution in [3.8, 4) is 0 Å². The van der Waals surface area contributed by atoms with Gasteiger partial charge in [-0.3, -0.25) is 0 Å². The summed E-state index contributed by atoms with van der Waals surface area (Å²) in [6.45, 7) is 5.40. The zero-order chi connectivity index (χ0) is 14.0. The van der Waals surface area contributed by atoms with E-state index in [1.54, 1.807) is 25.1 Å². The summed E-state index contributed by atoms with van der Waals surface area (Å²) in [6, 6.07) is 4.87. The molecule has 0 saturated carbocycles. The molecule has 0 bridgehead atoms. The molecule has 4 nitrogen and oxygen atoms in total. The van der Waals surface area contributed by atoms with Crippen molar-refractivity contribution in [1.82, 2.24) is 10.0 Å². The van der Waals surface area contributed by atoms with E-state index in [1.165, 1.54) is 0 Å². The Kier molecular flexibility index (Phi) is 4.50. The van der Waals surface area contributed by atoms with Crippen molar-refractivity contribution in [2.45, 2.75) is 31.2 Å². The number of piperidine rings is 1. The first-order chi connectivity index (χ1) is 8.92. The molecule has 1 aliphatic heterocycles. The first-order valence-electron chi connectivity index (χ1n) is 6.40. The molecule has 106 valence electrons. The maximum absolute atomic E-state index is 12.4. The lowest BCUT2D eigenvalue weighted by molar-refractivity contribution is 0.327. The van der Waals surface area contributed by atoms with Gasteiger partial charge in [0, 0.05) is 17.6 Å². The third-order valence-electron chi connectivity index (χ3n) is 3.64. The van der Waals surface area contributed by atoms with Gasteiger partial charge in [0.15, 0.2) is 0 Å². The molecule has 1 fully saturated rings. The van der Waals surface area contributed by atoms with Gasteiger partial charge in [0.2, 0.25) is 10.0 Å². The summed E-state index contributed by atoms with van der Waals surface area (Å²) in [7, 11) is -3.52. The van der Waals surface area contributed by atoms with Crippen molar-refractivity contribution in [2.75, 3.05) is 13.1 Å². The first-order valence-corrected chi connectivity index (χ1v) is 8.26. The van der Waals surface area contributed by atoms with Gasteiger partial charge in [-0.2, -0.15) is 0 Å². The molecule has 1 heterocycles. The van der Waals surface area contributed by atoms with Crippen molar-refractivity contribution in [3.63, 3.8) is 0 Å². The van der Waals surface area contributed by atoms with E-state index in [-0.39, 0.29) is 10.9 Å². The van der Waals surface area contributed by atoms with Gasteiger partial charge in [-0.25, -0.2) is 13.1 Å². The smallest absolute Gasteiger partial charge is 0.241 e. The van der Waals surface area contributed by atoms with Crippen molar-refractivity contribution in [2.24, 2.45) is 5.92 Å². The van der Waals surface area contributed by atoms with Crippen LogP contribution < -0.4 is 10.0 Å². The van der Waals surface area contributed by atoms with E-state index in [0.717, 1.165) is 13.0 Å². The normalized spacial score (nSPS) is 24.4. The lowest BCUT2D eigenvalue weighted by Crippen LogP contribution is -2.50. The Morgan fingerprint density at radius 2 is 2.16 bits per heavy atom. The van der Waals surface area contributed by atoms with Gasteiger partial charge in [-0.15, -0.1) is 0 Å². The van der Waals surface area contributed by atoms with Crippen LogP contribution in [-0.4, -0.2) is 27.5 Å². The topological polar surface area (TPSA) is 58.2 Å². The average Bonchev–Trinajstić information content (AvgIpc) is 2.35. The molecular formula is C13H19ClN2O2S. The van der Waals surface area contributed by atoms with Gasteiger partial charge in [-0.1, -0.05) is 24.6 Å². The summed E-state index contributed by atoms with van der Waals surface area (Å²) < 4.78 is 27.6. The van der Waals surface area contributed by atoms with E-state index in [4.69, 9.17) is 11.6 Å². The van der Waals surface area contributed by atoms with Crippen LogP contribution in [0.2, 0.25) is 5.02 Å². The lowest BCUT2D eigenvalue weighted by Gasteiger charge is -2.30. The van der Waals surface area contributed by atoms with E-state index in [1.807, 2.05) is 0 Å². The quantitative estimate of drug-likeness (QED) is 0.897. The van der Waals surface area contributed by atoms with E-state index < -0.39 is 10.0 Å². The third-order valence-corrected chi connectivity index (χ3v) is 5.69. The van der Waals surface area contributed by atoms with Crippen LogP contribution >= 0.6 is 11.6 Å². The second-order valence-electron chi connectivity index (χ2n) is 5.06. The molecule has 0 amide bonds. The standard InChI is InChI=1S/C13H19ClN2O2S/c1-9-6-7-15-8-12(9)16-19(17,18)13-5-3-4-11(14)10(13)2/h3-5,9,12,15-16H,6-8H2,1-2H3. The molecule has 2 atom stereocenters. The number of halogens is 1. The Labute approximate surface area is 119 Å². The van der Waals surface area contributed by atoms with Gasteiger partial charge in [0.1, 0.15) is 0 Å². The van der Waals surface area contributed by atoms with Crippen LogP contribution in [0, 0.1) is 12.8 Å². The molecular weight excluding hydrogens is 284 g/mol. The molecule has 0 aromatic heterocycles. The molecule has 1 saturated heterocycles. The highest BCUT2D eigenvalue weighted by atomic mass is 35.5. The fraction of sp³-hybridized carbons (Fsp3) is 0.538. The number of sulfonamides is 1. The zero-order valence-electron chi connectivity index (χ0n) is 11.1. The summed E-state index contributed by atoms with van der Waals surface area (Å²) in [4.78, 5) is 0.262. The average molecular weight is 303 g/mol. The van der Waals surface area contributed by atoms with Gasteiger partial charge in [0.05, 0.1) is 4.90 Å². The van der Waals surface area contributed by atoms with E-state index >= 15 is 0 Å². The summed E-state index contributed by atoms with van der Waals surface area (Å²) >= 11 is 5.99. The Morgan fingerprint density at radius 3 is 2.84 bits per heavy atom. The second kappa shape index (κ2) is 5.79.